The molecular formula is C9H12N2O4S. The van der Waals surface area contributed by atoms with Crippen LogP contribution in [0.5, 0.6) is 5.88 Å². The summed E-state index contributed by atoms with van der Waals surface area (Å²) < 4.78 is 13.2. The van der Waals surface area contributed by atoms with E-state index in [1.807, 2.05) is 0 Å². The van der Waals surface area contributed by atoms with Gasteiger partial charge in [0.25, 0.3) is 5.91 Å². The Labute approximate surface area is 96.7 Å². The molecule has 1 N–H and O–H groups in total. The number of esters is 1. The van der Waals surface area contributed by atoms with Gasteiger partial charge in [0.2, 0.25) is 5.88 Å². The van der Waals surface area contributed by atoms with Crippen molar-refractivity contribution >= 4 is 23.4 Å². The highest BCUT2D eigenvalue weighted by molar-refractivity contribution is 7.08. The largest absolute Gasteiger partial charge is 0.480 e. The van der Waals surface area contributed by atoms with E-state index in [-0.39, 0.29) is 5.91 Å². The number of nitrogens with zero attached hydrogens (tertiary/aromatic N) is 1. The number of rotatable bonds is 4. The van der Waals surface area contributed by atoms with Crippen LogP contribution in [0, 0.1) is 0 Å². The number of nitrogens with one attached hydrogen (secondary N) is 1. The summed E-state index contributed by atoms with van der Waals surface area (Å²) in [6, 6.07) is 0.815. The van der Waals surface area contributed by atoms with E-state index in [1.54, 1.807) is 6.92 Å². The van der Waals surface area contributed by atoms with Gasteiger partial charge in [-0.05, 0) is 18.5 Å². The van der Waals surface area contributed by atoms with E-state index in [4.69, 9.17) is 4.74 Å². The van der Waals surface area contributed by atoms with Crippen LogP contribution in [0.2, 0.25) is 0 Å². The van der Waals surface area contributed by atoms with Crippen molar-refractivity contribution in [1.82, 2.24) is 9.69 Å². The van der Waals surface area contributed by atoms with E-state index in [0.29, 0.717) is 10.8 Å². The minimum absolute atomic E-state index is 0.376. The molecule has 7 heteroatoms. The number of hydrogen-bond acceptors (Lipinski definition) is 6. The molecule has 6 nitrogen and oxygen atoms in total. The number of carbonyl (C=O) groups excluding carboxylic acids is 2. The first kappa shape index (κ1) is 12.4. The van der Waals surface area contributed by atoms with E-state index in [9.17, 15) is 9.59 Å². The van der Waals surface area contributed by atoms with E-state index >= 15 is 0 Å². The van der Waals surface area contributed by atoms with Crippen molar-refractivity contribution in [3.05, 3.63) is 10.9 Å². The number of amides is 1. The third-order valence-electron chi connectivity index (χ3n) is 1.82. The predicted octanol–water partition coefficient (Wildman–Crippen LogP) is 0.443. The fourth-order valence-electron chi connectivity index (χ4n) is 0.966. The summed E-state index contributed by atoms with van der Waals surface area (Å²) in [7, 11) is 2.73. The molecule has 1 atom stereocenters. The Kier molecular flexibility index (Phi) is 4.24. The minimum atomic E-state index is -0.689. The van der Waals surface area contributed by atoms with Crippen LogP contribution in [0.3, 0.4) is 0 Å². The highest BCUT2D eigenvalue weighted by atomic mass is 32.1. The van der Waals surface area contributed by atoms with E-state index in [1.165, 1.54) is 20.3 Å². The van der Waals surface area contributed by atoms with Crippen LogP contribution in [0.15, 0.2) is 6.07 Å². The van der Waals surface area contributed by atoms with Gasteiger partial charge in [0, 0.05) is 6.07 Å². The Hall–Kier alpha value is -1.63. The van der Waals surface area contributed by atoms with Crippen molar-refractivity contribution in [3.63, 3.8) is 0 Å². The maximum Gasteiger partial charge on any atom is 0.328 e. The fourth-order valence-corrected chi connectivity index (χ4v) is 1.58. The second-order valence-electron chi connectivity index (χ2n) is 2.95. The van der Waals surface area contributed by atoms with Crippen LogP contribution in [-0.2, 0) is 9.53 Å². The maximum absolute atomic E-state index is 11.6. The Morgan fingerprint density at radius 1 is 1.50 bits per heavy atom. The average Bonchev–Trinajstić information content (AvgIpc) is 2.76. The second-order valence-corrected chi connectivity index (χ2v) is 3.76. The molecule has 0 aromatic carbocycles. The first-order valence-electron chi connectivity index (χ1n) is 4.48. The molecule has 0 fully saturated rings. The van der Waals surface area contributed by atoms with Crippen LogP contribution in [0.25, 0.3) is 0 Å². The van der Waals surface area contributed by atoms with Crippen molar-refractivity contribution in [2.45, 2.75) is 13.0 Å². The molecule has 0 radical (unpaired) electrons. The van der Waals surface area contributed by atoms with Crippen molar-refractivity contribution in [1.29, 1.82) is 0 Å². The number of methoxy groups -OCH3 is 2. The number of carbonyl (C=O) groups is 2. The first-order valence-corrected chi connectivity index (χ1v) is 5.25. The topological polar surface area (TPSA) is 77.5 Å². The first-order chi connectivity index (χ1) is 7.58. The molecule has 0 saturated heterocycles. The van der Waals surface area contributed by atoms with Gasteiger partial charge in [-0.3, -0.25) is 4.79 Å². The normalized spacial score (nSPS) is 11.7. The SMILES string of the molecule is COC(=O)[C@H](C)NC(=O)c1cc(OC)ns1. The van der Waals surface area contributed by atoms with Gasteiger partial charge >= 0.3 is 5.97 Å². The summed E-state index contributed by atoms with van der Waals surface area (Å²) in [5, 5.41) is 2.49. The number of hydrogen-bond donors (Lipinski definition) is 1. The zero-order chi connectivity index (χ0) is 12.1. The lowest BCUT2D eigenvalue weighted by atomic mass is 10.3. The van der Waals surface area contributed by atoms with Crippen LogP contribution in [0.1, 0.15) is 16.6 Å². The molecule has 16 heavy (non-hydrogen) atoms. The van der Waals surface area contributed by atoms with E-state index < -0.39 is 12.0 Å². The van der Waals surface area contributed by atoms with Crippen molar-refractivity contribution in [3.8, 4) is 5.88 Å². The van der Waals surface area contributed by atoms with Gasteiger partial charge < -0.3 is 14.8 Å². The fraction of sp³-hybridized carbons (Fsp3) is 0.444. The minimum Gasteiger partial charge on any atom is -0.480 e. The molecule has 0 aliphatic heterocycles. The highest BCUT2D eigenvalue weighted by Crippen LogP contribution is 2.15. The Bertz CT molecular complexity index is 391. The number of aromatic nitrogens is 1. The number of ether oxygens (including phenoxy) is 2. The summed E-state index contributed by atoms with van der Waals surface area (Å²) in [6.07, 6.45) is 0. The van der Waals surface area contributed by atoms with Crippen molar-refractivity contribution in [2.24, 2.45) is 0 Å². The molecule has 1 rings (SSSR count). The zero-order valence-electron chi connectivity index (χ0n) is 9.14. The highest BCUT2D eigenvalue weighted by Gasteiger charge is 2.18. The Morgan fingerprint density at radius 3 is 2.69 bits per heavy atom. The van der Waals surface area contributed by atoms with Crippen molar-refractivity contribution in [2.75, 3.05) is 14.2 Å². The summed E-state index contributed by atoms with van der Waals surface area (Å²) >= 11 is 1.00. The summed E-state index contributed by atoms with van der Waals surface area (Å²) in [4.78, 5) is 23.0. The smallest absolute Gasteiger partial charge is 0.328 e. The predicted molar refractivity (Wildman–Crippen MR) is 57.6 cm³/mol. The maximum atomic E-state index is 11.6. The molecule has 0 aliphatic carbocycles. The molecule has 0 unspecified atom stereocenters. The van der Waals surface area contributed by atoms with Gasteiger partial charge in [0.15, 0.2) is 0 Å². The Balaban J connectivity index is 2.61. The summed E-state index contributed by atoms with van der Waals surface area (Å²) in [6.45, 7) is 1.54. The van der Waals surface area contributed by atoms with Crippen LogP contribution < -0.4 is 10.1 Å². The Morgan fingerprint density at radius 2 is 2.19 bits per heavy atom. The summed E-state index contributed by atoms with van der Waals surface area (Å²) in [5.74, 6) is -0.496. The van der Waals surface area contributed by atoms with Crippen molar-refractivity contribution < 1.29 is 19.1 Å². The quantitative estimate of drug-likeness (QED) is 0.778. The lowest BCUT2D eigenvalue weighted by molar-refractivity contribution is -0.142. The van der Waals surface area contributed by atoms with Gasteiger partial charge in [-0.25, -0.2) is 4.79 Å². The molecule has 0 saturated carbocycles. The zero-order valence-corrected chi connectivity index (χ0v) is 9.96. The molecule has 1 aromatic heterocycles. The second kappa shape index (κ2) is 5.45. The molecule has 1 aromatic rings. The summed E-state index contributed by atoms with van der Waals surface area (Å²) in [5.41, 5.74) is 0. The molecule has 0 spiro atoms. The molecule has 88 valence electrons. The molecule has 0 aliphatic rings. The molecule has 1 heterocycles. The van der Waals surface area contributed by atoms with Gasteiger partial charge in [0.05, 0.1) is 14.2 Å². The average molecular weight is 244 g/mol. The molecule has 1 amide bonds. The van der Waals surface area contributed by atoms with Gasteiger partial charge in [-0.1, -0.05) is 0 Å². The van der Waals surface area contributed by atoms with Crippen LogP contribution in [0.4, 0.5) is 0 Å². The van der Waals surface area contributed by atoms with Gasteiger partial charge in [0.1, 0.15) is 10.9 Å². The van der Waals surface area contributed by atoms with Crippen LogP contribution in [-0.4, -0.2) is 36.5 Å². The van der Waals surface area contributed by atoms with E-state index in [0.717, 1.165) is 11.5 Å². The van der Waals surface area contributed by atoms with Gasteiger partial charge in [-0.2, -0.15) is 4.37 Å². The van der Waals surface area contributed by atoms with E-state index in [2.05, 4.69) is 14.4 Å². The third-order valence-corrected chi connectivity index (χ3v) is 2.59. The van der Waals surface area contributed by atoms with Crippen LogP contribution >= 0.6 is 11.5 Å². The third kappa shape index (κ3) is 2.93. The molecule has 0 bridgehead atoms. The lowest BCUT2D eigenvalue weighted by Gasteiger charge is -2.09. The lowest BCUT2D eigenvalue weighted by Crippen LogP contribution is -2.38. The monoisotopic (exact) mass is 244 g/mol. The van der Waals surface area contributed by atoms with Gasteiger partial charge in [-0.15, -0.1) is 0 Å². The standard InChI is InChI=1S/C9H12N2O4S/c1-5(9(13)15-3)10-8(12)6-4-7(14-2)11-16-6/h4-5H,1-3H3,(H,10,12)/t5-/m0/s1. The molecular weight excluding hydrogens is 232 g/mol.